The van der Waals surface area contributed by atoms with Gasteiger partial charge in [0.2, 0.25) is 0 Å². The highest BCUT2D eigenvalue weighted by Gasteiger charge is 2.18. The quantitative estimate of drug-likeness (QED) is 0.190. The summed E-state index contributed by atoms with van der Waals surface area (Å²) in [7, 11) is -2.40. The highest BCUT2D eigenvalue weighted by Crippen LogP contribution is 2.24. The predicted molar refractivity (Wildman–Crippen MR) is 124 cm³/mol. The minimum absolute atomic E-state index is 0.294. The van der Waals surface area contributed by atoms with Crippen LogP contribution in [0.4, 0.5) is 0 Å². The smallest absolute Gasteiger partial charge is 0.270 e. The molecule has 29 heavy (non-hydrogen) atoms. The van der Waals surface area contributed by atoms with Crippen molar-refractivity contribution in [3.05, 3.63) is 28.8 Å². The Morgan fingerprint density at radius 3 is 1.59 bits per heavy atom. The van der Waals surface area contributed by atoms with Gasteiger partial charge in [0.1, 0.15) is 0 Å². The third-order valence-corrected chi connectivity index (χ3v) is 7.56. The van der Waals surface area contributed by atoms with Crippen molar-refractivity contribution in [1.29, 1.82) is 0 Å². The van der Waals surface area contributed by atoms with Gasteiger partial charge in [0.15, 0.2) is 0 Å². The number of hydrogen-bond acceptors (Lipinski definition) is 3. The van der Waals surface area contributed by atoms with Crippen LogP contribution in [0.1, 0.15) is 114 Å². The van der Waals surface area contributed by atoms with Gasteiger partial charge in [0.25, 0.3) is 10.1 Å². The first-order valence-electron chi connectivity index (χ1n) is 11.8. The van der Waals surface area contributed by atoms with Crippen molar-refractivity contribution in [1.82, 2.24) is 0 Å². The molecule has 0 aliphatic rings. The summed E-state index contributed by atoms with van der Waals surface area (Å²) in [4.78, 5) is 0.294. The molecule has 1 aromatic rings. The molecule has 168 valence electrons. The van der Waals surface area contributed by atoms with Crippen molar-refractivity contribution >= 4 is 10.1 Å². The summed E-state index contributed by atoms with van der Waals surface area (Å²) in [5.74, 6) is 0. The summed E-state index contributed by atoms with van der Waals surface area (Å²) in [6.45, 7) is 6.16. The Balaban J connectivity index is 2.12. The molecule has 0 saturated carbocycles. The molecule has 0 spiro atoms. The average molecular weight is 425 g/mol. The average Bonchev–Trinajstić information content (AvgIpc) is 2.71. The highest BCUT2D eigenvalue weighted by molar-refractivity contribution is 7.86. The van der Waals surface area contributed by atoms with E-state index in [4.69, 9.17) is 0 Å². The lowest BCUT2D eigenvalue weighted by Gasteiger charge is -2.13. The summed E-state index contributed by atoms with van der Waals surface area (Å²) in [6.07, 6.45) is 20.1. The molecule has 4 heteroatoms. The molecule has 0 aromatic heterocycles. The molecule has 0 heterocycles. The molecule has 0 saturated heterocycles. The van der Waals surface area contributed by atoms with Gasteiger partial charge < -0.3 is 0 Å². The van der Waals surface area contributed by atoms with Gasteiger partial charge in [0.05, 0.1) is 12.0 Å². The van der Waals surface area contributed by atoms with Crippen LogP contribution in [0, 0.1) is 13.8 Å². The lowest BCUT2D eigenvalue weighted by Crippen LogP contribution is -2.07. The molecule has 0 amide bonds. The Morgan fingerprint density at radius 2 is 1.14 bits per heavy atom. The Kier molecular flexibility index (Phi) is 13.5. The van der Waals surface area contributed by atoms with Crippen LogP contribution >= 0.6 is 0 Å². The fourth-order valence-electron chi connectivity index (χ4n) is 3.99. The third kappa shape index (κ3) is 10.1. The lowest BCUT2D eigenvalue weighted by atomic mass is 9.98. The van der Waals surface area contributed by atoms with Crippen LogP contribution < -0.4 is 0 Å². The van der Waals surface area contributed by atoms with Crippen LogP contribution in [0.5, 0.6) is 0 Å². The van der Waals surface area contributed by atoms with Crippen LogP contribution in [-0.4, -0.2) is 15.5 Å². The van der Waals surface area contributed by atoms with E-state index in [1.54, 1.807) is 6.07 Å². The first-order chi connectivity index (χ1) is 13.9. The molecule has 1 aromatic carbocycles. The minimum Gasteiger partial charge on any atom is -0.270 e. The number of hydrogen-bond donors (Lipinski definition) is 0. The van der Waals surface area contributed by atoms with Crippen LogP contribution in [0.15, 0.2) is 17.0 Å². The second kappa shape index (κ2) is 15.0. The predicted octanol–water partition coefficient (Wildman–Crippen LogP) is 7.66. The number of aryl methyl sites for hydroxylation is 1. The largest absolute Gasteiger partial charge is 0.296 e. The monoisotopic (exact) mass is 424 g/mol. The standard InChI is InChI=1S/C25H44O3S/c1-5-6-7-8-9-10-11-12-13-14-15-16-17-18-19-24-20-21-25(23(3)22(24)2)29(26,27)28-4/h20-21H,5-19H2,1-4H3. The van der Waals surface area contributed by atoms with Crippen molar-refractivity contribution in [2.24, 2.45) is 0 Å². The fraction of sp³-hybridized carbons (Fsp3) is 0.760. The van der Waals surface area contributed by atoms with Crippen molar-refractivity contribution in [2.45, 2.75) is 122 Å². The fourth-order valence-corrected chi connectivity index (χ4v) is 4.94. The van der Waals surface area contributed by atoms with E-state index in [0.717, 1.165) is 17.5 Å². The third-order valence-electron chi connectivity index (χ3n) is 6.14. The SMILES string of the molecule is CCCCCCCCCCCCCCCCc1ccc(S(=O)(=O)OC)c(C)c1C. The lowest BCUT2D eigenvalue weighted by molar-refractivity contribution is 0.397. The summed E-state index contributed by atoms with van der Waals surface area (Å²) in [6, 6.07) is 3.65. The molecular formula is C25H44O3S. The maximum atomic E-state index is 12.0. The molecule has 0 unspecified atom stereocenters. The van der Waals surface area contributed by atoms with Gasteiger partial charge in [-0.2, -0.15) is 8.42 Å². The van der Waals surface area contributed by atoms with E-state index in [1.165, 1.54) is 103 Å². The summed E-state index contributed by atoms with van der Waals surface area (Å²) in [5, 5.41) is 0. The minimum atomic E-state index is -3.62. The normalized spacial score (nSPS) is 11.9. The van der Waals surface area contributed by atoms with Crippen molar-refractivity contribution in [3.63, 3.8) is 0 Å². The van der Waals surface area contributed by atoms with E-state index in [1.807, 2.05) is 19.9 Å². The topological polar surface area (TPSA) is 43.4 Å². The van der Waals surface area contributed by atoms with Gasteiger partial charge >= 0.3 is 0 Å². The maximum Gasteiger partial charge on any atom is 0.296 e. The molecule has 0 N–H and O–H groups in total. The summed E-state index contributed by atoms with van der Waals surface area (Å²) < 4.78 is 28.6. The number of unbranched alkanes of at least 4 members (excludes halogenated alkanes) is 13. The second-order valence-corrected chi connectivity index (χ2v) is 10.1. The summed E-state index contributed by atoms with van der Waals surface area (Å²) in [5.41, 5.74) is 3.16. The molecule has 0 fully saturated rings. The Morgan fingerprint density at radius 1 is 0.690 bits per heavy atom. The molecular weight excluding hydrogens is 380 g/mol. The van der Waals surface area contributed by atoms with Crippen LogP contribution in [0.25, 0.3) is 0 Å². The zero-order valence-electron chi connectivity index (χ0n) is 19.4. The molecule has 0 radical (unpaired) electrons. The van der Waals surface area contributed by atoms with Crippen LogP contribution in [0.2, 0.25) is 0 Å². The van der Waals surface area contributed by atoms with E-state index in [9.17, 15) is 8.42 Å². The molecule has 0 aliphatic carbocycles. The molecule has 1 rings (SSSR count). The van der Waals surface area contributed by atoms with Crippen molar-refractivity contribution in [2.75, 3.05) is 7.11 Å². The van der Waals surface area contributed by atoms with Gasteiger partial charge in [-0.05, 0) is 49.4 Å². The zero-order valence-corrected chi connectivity index (χ0v) is 20.2. The summed E-state index contributed by atoms with van der Waals surface area (Å²) >= 11 is 0. The van der Waals surface area contributed by atoms with E-state index >= 15 is 0 Å². The van der Waals surface area contributed by atoms with E-state index in [2.05, 4.69) is 11.1 Å². The van der Waals surface area contributed by atoms with Gasteiger partial charge in [-0.15, -0.1) is 0 Å². The highest BCUT2D eigenvalue weighted by atomic mass is 32.2. The van der Waals surface area contributed by atoms with Gasteiger partial charge in [-0.3, -0.25) is 4.18 Å². The Hall–Kier alpha value is -0.870. The van der Waals surface area contributed by atoms with E-state index in [-0.39, 0.29) is 0 Å². The molecule has 0 aliphatic heterocycles. The number of rotatable bonds is 17. The number of benzene rings is 1. The van der Waals surface area contributed by atoms with E-state index in [0.29, 0.717) is 4.90 Å². The van der Waals surface area contributed by atoms with Crippen molar-refractivity contribution in [3.8, 4) is 0 Å². The van der Waals surface area contributed by atoms with Gasteiger partial charge in [0, 0.05) is 0 Å². The first-order valence-corrected chi connectivity index (χ1v) is 13.2. The van der Waals surface area contributed by atoms with E-state index < -0.39 is 10.1 Å². The molecule has 3 nitrogen and oxygen atoms in total. The van der Waals surface area contributed by atoms with Gasteiger partial charge in [-0.25, -0.2) is 0 Å². The Bertz CT molecular complexity index is 665. The Labute approximate surface area is 180 Å². The first kappa shape index (κ1) is 26.2. The second-order valence-electron chi connectivity index (χ2n) is 8.44. The molecule has 0 atom stereocenters. The van der Waals surface area contributed by atoms with Crippen molar-refractivity contribution < 1.29 is 12.6 Å². The van der Waals surface area contributed by atoms with Crippen LogP contribution in [0.3, 0.4) is 0 Å². The maximum absolute atomic E-state index is 12.0. The zero-order chi connectivity index (χ0) is 21.5. The van der Waals surface area contributed by atoms with Gasteiger partial charge in [-0.1, -0.05) is 96.5 Å². The molecule has 0 bridgehead atoms. The van der Waals surface area contributed by atoms with Crippen LogP contribution in [-0.2, 0) is 20.7 Å².